The first-order valence-corrected chi connectivity index (χ1v) is 18.4. The van der Waals surface area contributed by atoms with Crippen LogP contribution >= 0.6 is 0 Å². The first kappa shape index (κ1) is 37.6. The van der Waals surface area contributed by atoms with Gasteiger partial charge in [0, 0.05) is 70.8 Å². The van der Waals surface area contributed by atoms with Crippen LogP contribution in [0, 0.1) is 0 Å². The predicted octanol–water partition coefficient (Wildman–Crippen LogP) is 5.04. The van der Waals surface area contributed by atoms with Crippen LogP contribution in [-0.4, -0.2) is 63.2 Å². The van der Waals surface area contributed by atoms with Gasteiger partial charge in [0.2, 0.25) is 23.6 Å². The molecule has 2 saturated heterocycles. The van der Waals surface area contributed by atoms with Crippen molar-refractivity contribution < 1.29 is 33.6 Å². The molecular formula is C41H44N6O7. The van der Waals surface area contributed by atoms with Crippen LogP contribution < -0.4 is 21.3 Å². The molecule has 7 amide bonds. The molecule has 3 aromatic carbocycles. The number of fused-ring (bicyclic) bond motifs is 2. The van der Waals surface area contributed by atoms with E-state index < -0.39 is 18.0 Å². The van der Waals surface area contributed by atoms with Gasteiger partial charge in [-0.15, -0.1) is 0 Å². The second kappa shape index (κ2) is 16.7. The first-order chi connectivity index (χ1) is 26.0. The van der Waals surface area contributed by atoms with Gasteiger partial charge >= 0.3 is 0 Å². The fraction of sp³-hybridized carbons (Fsp3) is 0.341. The lowest BCUT2D eigenvalue weighted by molar-refractivity contribution is -0.137. The summed E-state index contributed by atoms with van der Waals surface area (Å²) >= 11 is 0. The molecule has 0 aromatic heterocycles. The maximum Gasteiger partial charge on any atom is 0.255 e. The molecule has 7 rings (SSSR count). The van der Waals surface area contributed by atoms with E-state index in [-0.39, 0.29) is 48.4 Å². The van der Waals surface area contributed by atoms with Crippen LogP contribution in [0.3, 0.4) is 0 Å². The SMILES string of the molecule is C=C1CCC(N2Cc3c(NC(=O)CCCCCC)cccc3C2=O)C(=O)N1.O=C1CCC(N2Cc3c(NC(=O)c4ccccc4)cccc3C2=O)C(=O)N1. The molecule has 4 heterocycles. The van der Waals surface area contributed by atoms with Gasteiger partial charge in [0.05, 0.1) is 0 Å². The summed E-state index contributed by atoms with van der Waals surface area (Å²) in [5.41, 5.74) is 4.92. The molecule has 0 bridgehead atoms. The number of carbonyl (C=O) groups excluding carboxylic acids is 7. The van der Waals surface area contributed by atoms with E-state index in [4.69, 9.17) is 0 Å². The number of hydrogen-bond donors (Lipinski definition) is 4. The summed E-state index contributed by atoms with van der Waals surface area (Å²) in [6.07, 6.45) is 6.40. The number of anilines is 2. The fourth-order valence-electron chi connectivity index (χ4n) is 7.19. The van der Waals surface area contributed by atoms with Gasteiger partial charge in [0.25, 0.3) is 17.7 Å². The fourth-order valence-corrected chi connectivity index (χ4v) is 7.19. The zero-order chi connectivity index (χ0) is 38.4. The highest BCUT2D eigenvalue weighted by molar-refractivity contribution is 6.09. The second-order valence-corrected chi connectivity index (χ2v) is 13.8. The highest BCUT2D eigenvalue weighted by atomic mass is 16.2. The molecule has 4 aliphatic heterocycles. The average Bonchev–Trinajstić information content (AvgIpc) is 3.68. The molecule has 4 aliphatic rings. The lowest BCUT2D eigenvalue weighted by Crippen LogP contribution is -2.52. The Hall–Kier alpha value is -6.11. The molecular weight excluding hydrogens is 688 g/mol. The van der Waals surface area contributed by atoms with Crippen molar-refractivity contribution in [1.29, 1.82) is 0 Å². The summed E-state index contributed by atoms with van der Waals surface area (Å²) in [4.78, 5) is 89.1. The molecule has 13 heteroatoms. The summed E-state index contributed by atoms with van der Waals surface area (Å²) in [5, 5.41) is 10.8. The van der Waals surface area contributed by atoms with Crippen LogP contribution in [0.15, 0.2) is 79.0 Å². The van der Waals surface area contributed by atoms with Gasteiger partial charge in [-0.25, -0.2) is 0 Å². The zero-order valence-electron chi connectivity index (χ0n) is 30.2. The third-order valence-electron chi connectivity index (χ3n) is 10.1. The number of nitrogens with one attached hydrogen (secondary N) is 4. The van der Waals surface area contributed by atoms with Gasteiger partial charge in [-0.3, -0.25) is 38.9 Å². The lowest BCUT2D eigenvalue weighted by Gasteiger charge is -2.31. The molecule has 2 unspecified atom stereocenters. The molecule has 280 valence electrons. The molecule has 0 spiro atoms. The largest absolute Gasteiger partial charge is 0.329 e. The highest BCUT2D eigenvalue weighted by Crippen LogP contribution is 2.34. The van der Waals surface area contributed by atoms with Crippen LogP contribution in [0.1, 0.15) is 107 Å². The molecule has 2 fully saturated rings. The third kappa shape index (κ3) is 8.25. The Labute approximate surface area is 313 Å². The van der Waals surface area contributed by atoms with Crippen LogP contribution in [0.4, 0.5) is 11.4 Å². The van der Waals surface area contributed by atoms with Crippen molar-refractivity contribution in [1.82, 2.24) is 20.4 Å². The minimum atomic E-state index is -0.680. The molecule has 54 heavy (non-hydrogen) atoms. The summed E-state index contributed by atoms with van der Waals surface area (Å²) in [5.74, 6) is -1.69. The third-order valence-corrected chi connectivity index (χ3v) is 10.1. The summed E-state index contributed by atoms with van der Waals surface area (Å²) in [7, 11) is 0. The van der Waals surface area contributed by atoms with Crippen LogP contribution in [-0.2, 0) is 32.3 Å². The molecule has 0 radical (unpaired) electrons. The van der Waals surface area contributed by atoms with Gasteiger partial charge in [-0.2, -0.15) is 0 Å². The van der Waals surface area contributed by atoms with Crippen molar-refractivity contribution in [3.05, 3.63) is 107 Å². The Morgan fingerprint density at radius 3 is 1.85 bits per heavy atom. The normalized spacial score (nSPS) is 19.0. The number of carbonyl (C=O) groups is 7. The Morgan fingerprint density at radius 1 is 0.704 bits per heavy atom. The van der Waals surface area contributed by atoms with Crippen LogP contribution in [0.25, 0.3) is 0 Å². The molecule has 0 aliphatic carbocycles. The van der Waals surface area contributed by atoms with Crippen LogP contribution in [0.2, 0.25) is 0 Å². The zero-order valence-corrected chi connectivity index (χ0v) is 30.2. The number of allylic oxidation sites excluding steroid dienone is 1. The number of nitrogens with zero attached hydrogens (tertiary/aromatic N) is 2. The Kier molecular flexibility index (Phi) is 11.6. The van der Waals surface area contributed by atoms with E-state index in [0.717, 1.165) is 31.2 Å². The van der Waals surface area contributed by atoms with E-state index in [1.807, 2.05) is 12.1 Å². The summed E-state index contributed by atoms with van der Waals surface area (Å²) in [6, 6.07) is 18.1. The van der Waals surface area contributed by atoms with E-state index in [1.54, 1.807) is 59.5 Å². The summed E-state index contributed by atoms with van der Waals surface area (Å²) in [6.45, 7) is 6.47. The summed E-state index contributed by atoms with van der Waals surface area (Å²) < 4.78 is 0. The number of imide groups is 1. The van der Waals surface area contributed by atoms with Crippen molar-refractivity contribution in [3.8, 4) is 0 Å². The minimum absolute atomic E-state index is 0.0305. The minimum Gasteiger partial charge on any atom is -0.329 e. The average molecular weight is 733 g/mol. The Bertz CT molecular complexity index is 2010. The number of rotatable bonds is 10. The number of unbranched alkanes of at least 4 members (excludes halogenated alkanes) is 3. The van der Waals surface area contributed by atoms with E-state index in [1.165, 1.54) is 4.90 Å². The smallest absolute Gasteiger partial charge is 0.255 e. The van der Waals surface area contributed by atoms with E-state index >= 15 is 0 Å². The van der Waals surface area contributed by atoms with Crippen molar-refractivity contribution in [2.75, 3.05) is 10.6 Å². The number of benzene rings is 3. The predicted molar refractivity (Wildman–Crippen MR) is 201 cm³/mol. The first-order valence-electron chi connectivity index (χ1n) is 18.4. The standard InChI is InChI=1S/C21H27N3O3.C20H17N3O4/c1-3-4-5-6-10-19(25)23-17-9-7-8-15-16(17)13-24(21(15)27)18-12-11-14(2)22-20(18)26;24-17-10-9-16(19(26)22-17)23-11-14-13(20(23)27)7-4-8-15(14)21-18(25)12-5-2-1-3-6-12/h7-9,18H,2-6,10-13H2,1H3,(H,22,26)(H,23,25);1-8,16H,9-11H2,(H,21,25)(H,22,24,26). The van der Waals surface area contributed by atoms with E-state index in [0.29, 0.717) is 71.6 Å². The lowest BCUT2D eigenvalue weighted by atomic mass is 10.0. The molecule has 3 aromatic rings. The number of piperidine rings is 2. The van der Waals surface area contributed by atoms with E-state index in [9.17, 15) is 33.6 Å². The van der Waals surface area contributed by atoms with Gasteiger partial charge in [0.15, 0.2) is 0 Å². The van der Waals surface area contributed by atoms with Gasteiger partial charge in [-0.05, 0) is 62.1 Å². The van der Waals surface area contributed by atoms with Crippen molar-refractivity contribution in [3.63, 3.8) is 0 Å². The quantitative estimate of drug-likeness (QED) is 0.167. The molecule has 4 N–H and O–H groups in total. The Balaban J connectivity index is 0.000000184. The highest BCUT2D eigenvalue weighted by Gasteiger charge is 2.41. The molecule has 13 nitrogen and oxygen atoms in total. The number of hydrogen-bond acceptors (Lipinski definition) is 7. The van der Waals surface area contributed by atoms with Crippen molar-refractivity contribution >= 4 is 52.7 Å². The molecule has 2 atom stereocenters. The number of amides is 7. The van der Waals surface area contributed by atoms with Gasteiger partial charge < -0.3 is 25.8 Å². The van der Waals surface area contributed by atoms with Crippen LogP contribution in [0.5, 0.6) is 0 Å². The topological polar surface area (TPSA) is 174 Å². The second-order valence-electron chi connectivity index (χ2n) is 13.8. The van der Waals surface area contributed by atoms with Crippen molar-refractivity contribution in [2.24, 2.45) is 0 Å². The molecule has 0 saturated carbocycles. The maximum absolute atomic E-state index is 12.8. The Morgan fingerprint density at radius 2 is 1.28 bits per heavy atom. The van der Waals surface area contributed by atoms with E-state index in [2.05, 4.69) is 34.8 Å². The monoisotopic (exact) mass is 732 g/mol. The maximum atomic E-state index is 12.8. The van der Waals surface area contributed by atoms with Crippen molar-refractivity contribution in [2.45, 2.75) is 89.9 Å². The van der Waals surface area contributed by atoms with Gasteiger partial charge in [-0.1, -0.05) is 63.1 Å². The van der Waals surface area contributed by atoms with Gasteiger partial charge in [0.1, 0.15) is 12.1 Å².